The van der Waals surface area contributed by atoms with Crippen molar-refractivity contribution in [2.75, 3.05) is 46.2 Å². The van der Waals surface area contributed by atoms with Gasteiger partial charge in [-0.25, -0.2) is 19.7 Å². The van der Waals surface area contributed by atoms with Gasteiger partial charge in [0.1, 0.15) is 33.0 Å². The van der Waals surface area contributed by atoms with Gasteiger partial charge in [0, 0.05) is 48.1 Å². The van der Waals surface area contributed by atoms with E-state index < -0.39 is 53.3 Å². The maximum atomic E-state index is 11.3. The highest BCUT2D eigenvalue weighted by Gasteiger charge is 2.53. The molecule has 15 heteroatoms. The summed E-state index contributed by atoms with van der Waals surface area (Å²) in [5.41, 5.74) is -4.10. The summed E-state index contributed by atoms with van der Waals surface area (Å²) in [6.45, 7) is 31.3. The van der Waals surface area contributed by atoms with Gasteiger partial charge in [0.05, 0.1) is 0 Å². The molecule has 2 rings (SSSR count). The molecular formula is C28H39N3O12. The second kappa shape index (κ2) is 16.3. The topological polar surface area (TPSA) is 174 Å². The maximum Gasteiger partial charge on any atom is 0.344 e. The molecule has 0 aromatic carbocycles. The van der Waals surface area contributed by atoms with E-state index in [9.17, 15) is 24.0 Å². The van der Waals surface area contributed by atoms with Crippen LogP contribution in [-0.4, -0.2) is 109 Å². The molecular weight excluding hydrogens is 570 g/mol. The van der Waals surface area contributed by atoms with Crippen LogP contribution in [0.5, 0.6) is 0 Å². The number of carbonyl (C=O) groups excluding carboxylic acids is 5. The van der Waals surface area contributed by atoms with Crippen molar-refractivity contribution in [3.63, 3.8) is 0 Å². The highest BCUT2D eigenvalue weighted by molar-refractivity contribution is 5.90. The summed E-state index contributed by atoms with van der Waals surface area (Å²) >= 11 is 0. The number of carbonyl (C=O) groups is 5. The molecule has 0 aromatic heterocycles. The van der Waals surface area contributed by atoms with Crippen molar-refractivity contribution in [2.45, 2.75) is 83.8 Å². The summed E-state index contributed by atoms with van der Waals surface area (Å²) in [7, 11) is 0. The first-order chi connectivity index (χ1) is 19.8. The zero-order valence-electron chi connectivity index (χ0n) is 25.7. The van der Waals surface area contributed by atoms with E-state index in [4.69, 9.17) is 48.5 Å². The van der Waals surface area contributed by atoms with Gasteiger partial charge in [-0.3, -0.25) is 38.5 Å². The fourth-order valence-electron chi connectivity index (χ4n) is 3.05. The Balaban J connectivity index is 0.000000618. The lowest BCUT2D eigenvalue weighted by Crippen LogP contribution is -2.56. The molecule has 1 N–H and O–H groups in total. The first-order valence-electron chi connectivity index (χ1n) is 13.0. The number of rotatable bonds is 9. The van der Waals surface area contributed by atoms with Crippen LogP contribution in [0.25, 0.3) is 14.5 Å². The van der Waals surface area contributed by atoms with Crippen molar-refractivity contribution in [3.8, 4) is 0 Å². The summed E-state index contributed by atoms with van der Waals surface area (Å²) < 4.78 is 30.7. The minimum absolute atomic E-state index is 0.0162. The summed E-state index contributed by atoms with van der Waals surface area (Å²) in [6.07, 6.45) is 0. The van der Waals surface area contributed by atoms with Gasteiger partial charge in [-0.05, 0) is 13.8 Å². The van der Waals surface area contributed by atoms with Crippen LogP contribution in [0.4, 0.5) is 0 Å². The average molecular weight is 610 g/mol. The third-order valence-electron chi connectivity index (χ3n) is 6.75. The number of aliphatic hydroxyl groups is 1. The Hall–Kier alpha value is -3.62. The van der Waals surface area contributed by atoms with E-state index in [2.05, 4.69) is 19.3 Å². The van der Waals surface area contributed by atoms with E-state index in [1.807, 2.05) is 6.92 Å². The predicted molar refractivity (Wildman–Crippen MR) is 147 cm³/mol. The zero-order chi connectivity index (χ0) is 33.7. The fourth-order valence-corrected chi connectivity index (χ4v) is 3.05. The summed E-state index contributed by atoms with van der Waals surface area (Å²) in [5.74, 6) is -4.35. The maximum absolute atomic E-state index is 11.3. The van der Waals surface area contributed by atoms with Crippen LogP contribution in [0.2, 0.25) is 0 Å². The monoisotopic (exact) mass is 609 g/mol. The van der Waals surface area contributed by atoms with Gasteiger partial charge in [0.15, 0.2) is 12.4 Å². The molecule has 43 heavy (non-hydrogen) atoms. The van der Waals surface area contributed by atoms with Crippen molar-refractivity contribution in [3.05, 3.63) is 34.3 Å². The Morgan fingerprint density at radius 1 is 0.791 bits per heavy atom. The van der Waals surface area contributed by atoms with Crippen LogP contribution in [0.1, 0.15) is 55.4 Å². The van der Waals surface area contributed by atoms with Crippen molar-refractivity contribution in [1.29, 1.82) is 0 Å². The van der Waals surface area contributed by atoms with E-state index in [1.165, 1.54) is 41.5 Å². The highest BCUT2D eigenvalue weighted by Crippen LogP contribution is 2.29. The molecule has 0 bridgehead atoms. The zero-order valence-corrected chi connectivity index (χ0v) is 25.7. The number of esters is 1. The van der Waals surface area contributed by atoms with Crippen molar-refractivity contribution in [2.24, 2.45) is 0 Å². The molecule has 2 heterocycles. The molecule has 0 radical (unpaired) electrons. The Kier molecular flexibility index (Phi) is 14.9. The quantitative estimate of drug-likeness (QED) is 0.294. The minimum atomic E-state index is -1.62. The standard InChI is InChI=1S/C10H13NO4.C10H15NO4.C8H11NO4/c1-7(12)9(3)14-5-10(11-4,6-15-9)8(2)13;1-5-13-9(3)14-6-10(11-4,7-15-9)8(2)12;1-6(11)8(4-10,9-3)5-13-7(2)12/h5-6H2,1-3H3;5-7H2,1-3H3;10H,4-5H2,1-2H3. The minimum Gasteiger partial charge on any atom is -0.457 e. The molecule has 0 amide bonds. The molecule has 238 valence electrons. The number of ether oxygens (including phenoxy) is 6. The van der Waals surface area contributed by atoms with Gasteiger partial charge in [-0.15, -0.1) is 0 Å². The van der Waals surface area contributed by atoms with E-state index in [0.717, 1.165) is 0 Å². The summed E-state index contributed by atoms with van der Waals surface area (Å²) in [6, 6.07) is 0. The van der Waals surface area contributed by atoms with Crippen LogP contribution in [-0.2, 0) is 52.4 Å². The first kappa shape index (κ1) is 39.4. The third-order valence-corrected chi connectivity index (χ3v) is 6.75. The molecule has 2 aliphatic heterocycles. The summed E-state index contributed by atoms with van der Waals surface area (Å²) in [4.78, 5) is 64.7. The second-order valence-electron chi connectivity index (χ2n) is 9.99. The smallest absolute Gasteiger partial charge is 0.344 e. The molecule has 2 fully saturated rings. The van der Waals surface area contributed by atoms with Crippen LogP contribution >= 0.6 is 0 Å². The predicted octanol–water partition coefficient (Wildman–Crippen LogP) is 1.36. The molecule has 0 aliphatic carbocycles. The normalized spacial score (nSPS) is 29.2. The van der Waals surface area contributed by atoms with E-state index in [-0.39, 0.29) is 43.8 Å². The Morgan fingerprint density at radius 2 is 1.21 bits per heavy atom. The van der Waals surface area contributed by atoms with E-state index >= 15 is 0 Å². The Bertz CT molecular complexity index is 1160. The molecule has 15 nitrogen and oxygen atoms in total. The van der Waals surface area contributed by atoms with Crippen LogP contribution < -0.4 is 0 Å². The SMILES string of the molecule is [C-]#[N+]C(CO)(COC(C)=O)C(C)=O.[C-]#[N+]C1(C(C)=O)COC(C)(C(C)=O)OC1.[C-]#[N+]C1(C(C)=O)COC(C)(OCC)OC1. The lowest BCUT2D eigenvalue weighted by Gasteiger charge is -2.36. The van der Waals surface area contributed by atoms with Gasteiger partial charge in [-0.1, -0.05) is 0 Å². The Labute approximate surface area is 251 Å². The lowest BCUT2D eigenvalue weighted by molar-refractivity contribution is -0.393. The number of aliphatic hydroxyl groups excluding tert-OH is 1. The molecule has 2 aliphatic rings. The van der Waals surface area contributed by atoms with Gasteiger partial charge >= 0.3 is 22.6 Å². The van der Waals surface area contributed by atoms with Crippen molar-refractivity contribution < 1.29 is 57.5 Å². The van der Waals surface area contributed by atoms with E-state index in [0.29, 0.717) is 6.61 Å². The molecule has 1 atom stereocenters. The van der Waals surface area contributed by atoms with Crippen LogP contribution in [0, 0.1) is 19.7 Å². The largest absolute Gasteiger partial charge is 0.457 e. The second-order valence-corrected chi connectivity index (χ2v) is 9.99. The Morgan fingerprint density at radius 3 is 1.47 bits per heavy atom. The number of hydrogen-bond donors (Lipinski definition) is 1. The van der Waals surface area contributed by atoms with Crippen LogP contribution in [0.15, 0.2) is 0 Å². The first-order valence-corrected chi connectivity index (χ1v) is 13.0. The van der Waals surface area contributed by atoms with Crippen molar-refractivity contribution in [1.82, 2.24) is 0 Å². The molecule has 0 saturated carbocycles. The van der Waals surface area contributed by atoms with Gasteiger partial charge in [0.25, 0.3) is 5.97 Å². The molecule has 0 spiro atoms. The fraction of sp³-hybridized carbons (Fsp3) is 0.714. The number of Topliss-reactive ketones (excluding diaryl/α,β-unsaturated/α-hetero) is 4. The molecule has 1 unspecified atom stereocenters. The number of hydrogen-bond acceptors (Lipinski definition) is 12. The van der Waals surface area contributed by atoms with Crippen LogP contribution in [0.3, 0.4) is 0 Å². The van der Waals surface area contributed by atoms with Crippen molar-refractivity contribution >= 4 is 29.1 Å². The molecule has 2 saturated heterocycles. The molecule has 0 aromatic rings. The van der Waals surface area contributed by atoms with Gasteiger partial charge in [0.2, 0.25) is 23.1 Å². The highest BCUT2D eigenvalue weighted by atomic mass is 16.9. The van der Waals surface area contributed by atoms with E-state index in [1.54, 1.807) is 6.92 Å². The van der Waals surface area contributed by atoms with Gasteiger partial charge in [-0.2, -0.15) is 0 Å². The average Bonchev–Trinajstić information content (AvgIpc) is 2.95. The lowest BCUT2D eigenvalue weighted by atomic mass is 9.96. The van der Waals surface area contributed by atoms with Gasteiger partial charge < -0.3 is 33.5 Å². The number of nitrogens with zero attached hydrogens (tertiary/aromatic N) is 3. The summed E-state index contributed by atoms with van der Waals surface area (Å²) in [5, 5.41) is 8.83. The third kappa shape index (κ3) is 10.3. The number of ketones is 4.